The van der Waals surface area contributed by atoms with Gasteiger partial charge in [0.1, 0.15) is 30.5 Å². The summed E-state index contributed by atoms with van der Waals surface area (Å²) >= 11 is 0. The Morgan fingerprint density at radius 1 is 0.781 bits per heavy atom. The summed E-state index contributed by atoms with van der Waals surface area (Å²) in [6, 6.07) is 24.8. The SMILES string of the molecule is CCC(C)(C)c1ccc(OCC(=O)Nc2cccc(OCCOc3ccccc3)c2)cc1. The van der Waals surface area contributed by atoms with Gasteiger partial charge in [-0.2, -0.15) is 0 Å². The van der Waals surface area contributed by atoms with Gasteiger partial charge in [0.25, 0.3) is 5.91 Å². The first-order valence-electron chi connectivity index (χ1n) is 10.9. The molecule has 5 heteroatoms. The van der Waals surface area contributed by atoms with Gasteiger partial charge in [-0.3, -0.25) is 4.79 Å². The molecule has 168 valence electrons. The van der Waals surface area contributed by atoms with Gasteiger partial charge in [-0.05, 0) is 53.8 Å². The lowest BCUT2D eigenvalue weighted by Gasteiger charge is -2.23. The zero-order valence-electron chi connectivity index (χ0n) is 19.0. The van der Waals surface area contributed by atoms with E-state index in [4.69, 9.17) is 14.2 Å². The Bertz CT molecular complexity index is 984. The standard InChI is InChI=1S/C27H31NO4/c1-4-27(2,3)21-13-15-24(16-14-21)32-20-26(29)28-22-9-8-12-25(19-22)31-18-17-30-23-10-6-5-7-11-23/h5-16,19H,4,17-18,20H2,1-3H3,(H,28,29). The second kappa shape index (κ2) is 11.2. The van der Waals surface area contributed by atoms with Crippen LogP contribution in [0, 0.1) is 0 Å². The zero-order chi connectivity index (χ0) is 22.8. The van der Waals surface area contributed by atoms with E-state index in [9.17, 15) is 4.79 Å². The number of rotatable bonds is 11. The molecule has 0 radical (unpaired) electrons. The molecule has 0 atom stereocenters. The van der Waals surface area contributed by atoms with Gasteiger partial charge in [0.2, 0.25) is 0 Å². The van der Waals surface area contributed by atoms with E-state index in [2.05, 4.69) is 38.2 Å². The average Bonchev–Trinajstić information content (AvgIpc) is 2.82. The highest BCUT2D eigenvalue weighted by Gasteiger charge is 2.17. The van der Waals surface area contributed by atoms with Crippen molar-refractivity contribution in [2.24, 2.45) is 0 Å². The summed E-state index contributed by atoms with van der Waals surface area (Å²) in [5.41, 5.74) is 2.03. The maximum Gasteiger partial charge on any atom is 0.262 e. The molecule has 32 heavy (non-hydrogen) atoms. The number of benzene rings is 3. The predicted molar refractivity (Wildman–Crippen MR) is 128 cm³/mol. The molecule has 5 nitrogen and oxygen atoms in total. The molecule has 1 amide bonds. The van der Waals surface area contributed by atoms with E-state index in [-0.39, 0.29) is 17.9 Å². The first-order chi connectivity index (χ1) is 15.5. The van der Waals surface area contributed by atoms with Crippen molar-refractivity contribution in [1.82, 2.24) is 0 Å². The summed E-state index contributed by atoms with van der Waals surface area (Å²) < 4.78 is 17.0. The van der Waals surface area contributed by atoms with Crippen LogP contribution in [0.15, 0.2) is 78.9 Å². The van der Waals surface area contributed by atoms with Crippen LogP contribution in [0.3, 0.4) is 0 Å². The number of hydrogen-bond donors (Lipinski definition) is 1. The third kappa shape index (κ3) is 7.05. The molecule has 0 bridgehead atoms. The van der Waals surface area contributed by atoms with E-state index in [1.165, 1.54) is 5.56 Å². The summed E-state index contributed by atoms with van der Waals surface area (Å²) in [5, 5.41) is 2.84. The molecule has 0 saturated carbocycles. The predicted octanol–water partition coefficient (Wildman–Crippen LogP) is 5.85. The van der Waals surface area contributed by atoms with E-state index >= 15 is 0 Å². The Hall–Kier alpha value is -3.47. The van der Waals surface area contributed by atoms with E-state index in [1.807, 2.05) is 60.7 Å². The van der Waals surface area contributed by atoms with Crippen LogP contribution < -0.4 is 19.5 Å². The first kappa shape index (κ1) is 23.2. The summed E-state index contributed by atoms with van der Waals surface area (Å²) in [6.07, 6.45) is 1.05. The van der Waals surface area contributed by atoms with Crippen molar-refractivity contribution in [3.05, 3.63) is 84.4 Å². The first-order valence-corrected chi connectivity index (χ1v) is 10.9. The van der Waals surface area contributed by atoms with Gasteiger partial charge in [0, 0.05) is 11.8 Å². The van der Waals surface area contributed by atoms with E-state index in [0.717, 1.165) is 12.2 Å². The quantitative estimate of drug-likeness (QED) is 0.386. The van der Waals surface area contributed by atoms with Crippen LogP contribution in [0.5, 0.6) is 17.2 Å². The highest BCUT2D eigenvalue weighted by Crippen LogP contribution is 2.28. The van der Waals surface area contributed by atoms with Crippen LogP contribution in [0.25, 0.3) is 0 Å². The third-order valence-corrected chi connectivity index (χ3v) is 5.37. The number of carbonyl (C=O) groups excluding carboxylic acids is 1. The summed E-state index contributed by atoms with van der Waals surface area (Å²) in [6.45, 7) is 7.37. The number of amides is 1. The molecule has 3 aromatic rings. The molecule has 0 unspecified atom stereocenters. The second-order valence-electron chi connectivity index (χ2n) is 8.14. The van der Waals surface area contributed by atoms with Crippen LogP contribution >= 0.6 is 0 Å². The molecule has 0 aromatic heterocycles. The van der Waals surface area contributed by atoms with Crippen LogP contribution in [0.2, 0.25) is 0 Å². The highest BCUT2D eigenvalue weighted by molar-refractivity contribution is 5.92. The van der Waals surface area contributed by atoms with Gasteiger partial charge in [-0.1, -0.05) is 57.2 Å². The van der Waals surface area contributed by atoms with Crippen LogP contribution in [0.4, 0.5) is 5.69 Å². The minimum Gasteiger partial charge on any atom is -0.490 e. The van der Waals surface area contributed by atoms with Crippen molar-refractivity contribution < 1.29 is 19.0 Å². The maximum atomic E-state index is 12.3. The van der Waals surface area contributed by atoms with Crippen LogP contribution in [-0.4, -0.2) is 25.7 Å². The highest BCUT2D eigenvalue weighted by atomic mass is 16.5. The van der Waals surface area contributed by atoms with Gasteiger partial charge in [-0.15, -0.1) is 0 Å². The largest absolute Gasteiger partial charge is 0.490 e. The fourth-order valence-corrected chi connectivity index (χ4v) is 3.05. The number of nitrogens with one attached hydrogen (secondary N) is 1. The zero-order valence-corrected chi connectivity index (χ0v) is 19.0. The number of para-hydroxylation sites is 1. The van der Waals surface area contributed by atoms with Crippen molar-refractivity contribution in [2.45, 2.75) is 32.6 Å². The van der Waals surface area contributed by atoms with Gasteiger partial charge < -0.3 is 19.5 Å². The van der Waals surface area contributed by atoms with Crippen LogP contribution in [-0.2, 0) is 10.2 Å². The Balaban J connectivity index is 1.43. The van der Waals surface area contributed by atoms with Crippen LogP contribution in [0.1, 0.15) is 32.8 Å². The average molecular weight is 434 g/mol. The summed E-state index contributed by atoms with van der Waals surface area (Å²) in [4.78, 5) is 12.3. The molecular weight excluding hydrogens is 402 g/mol. The lowest BCUT2D eigenvalue weighted by atomic mass is 9.82. The third-order valence-electron chi connectivity index (χ3n) is 5.37. The number of ether oxygens (including phenoxy) is 3. The molecule has 0 spiro atoms. The van der Waals surface area contributed by atoms with Gasteiger partial charge >= 0.3 is 0 Å². The molecule has 3 rings (SSSR count). The Morgan fingerprint density at radius 3 is 2.09 bits per heavy atom. The summed E-state index contributed by atoms with van der Waals surface area (Å²) in [7, 11) is 0. The van der Waals surface area contributed by atoms with Gasteiger partial charge in [-0.25, -0.2) is 0 Å². The molecule has 0 aliphatic carbocycles. The minimum atomic E-state index is -0.229. The minimum absolute atomic E-state index is 0.0630. The number of anilines is 1. The lowest BCUT2D eigenvalue weighted by molar-refractivity contribution is -0.118. The molecule has 0 aliphatic rings. The fourth-order valence-electron chi connectivity index (χ4n) is 3.05. The summed E-state index contributed by atoms with van der Waals surface area (Å²) in [5.74, 6) is 1.91. The number of carbonyl (C=O) groups is 1. The molecular formula is C27H31NO4. The molecule has 0 saturated heterocycles. The van der Waals surface area contributed by atoms with Crippen molar-refractivity contribution in [2.75, 3.05) is 25.1 Å². The van der Waals surface area contributed by atoms with Crippen molar-refractivity contribution >= 4 is 11.6 Å². The molecule has 0 aliphatic heterocycles. The Kier molecular flexibility index (Phi) is 8.14. The molecule has 0 heterocycles. The smallest absolute Gasteiger partial charge is 0.262 e. The van der Waals surface area contributed by atoms with Crippen molar-refractivity contribution in [3.63, 3.8) is 0 Å². The van der Waals surface area contributed by atoms with Crippen molar-refractivity contribution in [3.8, 4) is 17.2 Å². The second-order valence-corrected chi connectivity index (χ2v) is 8.14. The topological polar surface area (TPSA) is 56.8 Å². The number of hydrogen-bond acceptors (Lipinski definition) is 4. The van der Waals surface area contributed by atoms with Gasteiger partial charge in [0.05, 0.1) is 0 Å². The normalized spacial score (nSPS) is 11.0. The van der Waals surface area contributed by atoms with Crippen molar-refractivity contribution in [1.29, 1.82) is 0 Å². The van der Waals surface area contributed by atoms with E-state index in [0.29, 0.717) is 30.4 Å². The Labute approximate surface area is 190 Å². The molecule has 1 N–H and O–H groups in total. The van der Waals surface area contributed by atoms with E-state index < -0.39 is 0 Å². The lowest BCUT2D eigenvalue weighted by Crippen LogP contribution is -2.20. The monoisotopic (exact) mass is 433 g/mol. The van der Waals surface area contributed by atoms with Gasteiger partial charge in [0.15, 0.2) is 6.61 Å². The molecule has 0 fully saturated rings. The maximum absolute atomic E-state index is 12.3. The van der Waals surface area contributed by atoms with E-state index in [1.54, 1.807) is 6.07 Å². The Morgan fingerprint density at radius 2 is 1.41 bits per heavy atom. The fraction of sp³-hybridized carbons (Fsp3) is 0.296. The molecule has 3 aromatic carbocycles.